The maximum Gasteiger partial charge on any atom is 0.124 e. The van der Waals surface area contributed by atoms with Crippen molar-refractivity contribution in [2.24, 2.45) is 0 Å². The Bertz CT molecular complexity index is 1110. The third kappa shape index (κ3) is 3.92. The van der Waals surface area contributed by atoms with Gasteiger partial charge in [-0.3, -0.25) is 0 Å². The molecule has 0 radical (unpaired) electrons. The van der Waals surface area contributed by atoms with Crippen LogP contribution in [-0.4, -0.2) is 26.2 Å². The summed E-state index contributed by atoms with van der Waals surface area (Å²) in [4.78, 5) is 6.86. The molecule has 4 rings (SSSR count). The van der Waals surface area contributed by atoms with Crippen LogP contribution in [0, 0.1) is 0 Å². The van der Waals surface area contributed by atoms with Crippen molar-refractivity contribution in [1.29, 1.82) is 0 Å². The normalized spacial score (nSPS) is 11.2. The summed E-state index contributed by atoms with van der Waals surface area (Å²) in [6.07, 6.45) is 4.27. The monoisotopic (exact) mass is 386 g/mol. The number of ether oxygens (including phenoxy) is 1. The first-order valence-corrected chi connectivity index (χ1v) is 9.94. The van der Waals surface area contributed by atoms with Crippen molar-refractivity contribution in [3.63, 3.8) is 0 Å². The van der Waals surface area contributed by atoms with E-state index in [0.717, 1.165) is 21.8 Å². The zero-order valence-electron chi connectivity index (χ0n) is 16.2. The molecule has 0 amide bonds. The van der Waals surface area contributed by atoms with E-state index < -0.39 is 0 Å². The smallest absolute Gasteiger partial charge is 0.124 e. The minimum atomic E-state index is 0.837. The zero-order chi connectivity index (χ0) is 19.5. The summed E-state index contributed by atoms with van der Waals surface area (Å²) in [5.74, 6) is 0.837. The van der Waals surface area contributed by atoms with Crippen LogP contribution >= 0.6 is 11.3 Å². The lowest BCUT2D eigenvalue weighted by Gasteiger charge is -2.11. The fourth-order valence-electron chi connectivity index (χ4n) is 2.97. The van der Waals surface area contributed by atoms with Crippen LogP contribution in [0.5, 0.6) is 5.75 Å². The van der Waals surface area contributed by atoms with Gasteiger partial charge in [0.05, 0.1) is 17.3 Å². The Hall–Kier alpha value is -3.11. The van der Waals surface area contributed by atoms with Crippen molar-refractivity contribution in [3.8, 4) is 16.3 Å². The van der Waals surface area contributed by atoms with Gasteiger partial charge in [0.1, 0.15) is 10.8 Å². The molecule has 0 fully saturated rings. The molecule has 0 atom stereocenters. The molecule has 0 spiro atoms. The fraction of sp³-hybridized carbons (Fsp3) is 0.125. The van der Waals surface area contributed by atoms with Crippen LogP contribution in [0.2, 0.25) is 0 Å². The minimum absolute atomic E-state index is 0.837. The van der Waals surface area contributed by atoms with Crippen LogP contribution in [-0.2, 0) is 0 Å². The Balaban J connectivity index is 1.52. The number of hydrogen-bond acceptors (Lipinski definition) is 4. The lowest BCUT2D eigenvalue weighted by molar-refractivity contribution is 0.415. The van der Waals surface area contributed by atoms with Gasteiger partial charge in [-0.15, -0.1) is 11.3 Å². The van der Waals surface area contributed by atoms with Crippen LogP contribution in [0.25, 0.3) is 32.9 Å². The number of thiazole rings is 1. The number of benzene rings is 3. The van der Waals surface area contributed by atoms with Crippen molar-refractivity contribution in [1.82, 2.24) is 4.98 Å². The SMILES string of the molecule is COc1ccc2sc(-c3ccc(C=Cc4ccc(N(C)C)cc4)cc3)nc2c1. The second-order valence-corrected chi connectivity index (χ2v) is 7.82. The van der Waals surface area contributed by atoms with Gasteiger partial charge in [0.15, 0.2) is 0 Å². The molecule has 0 N–H and O–H groups in total. The summed E-state index contributed by atoms with van der Waals surface area (Å²) in [6, 6.07) is 23.1. The Morgan fingerprint density at radius 3 is 2.11 bits per heavy atom. The Morgan fingerprint density at radius 1 is 0.857 bits per heavy atom. The molecule has 0 aliphatic heterocycles. The van der Waals surface area contributed by atoms with Gasteiger partial charge < -0.3 is 9.64 Å². The molecular formula is C24H22N2OS. The first-order chi connectivity index (χ1) is 13.6. The van der Waals surface area contributed by atoms with E-state index in [4.69, 9.17) is 9.72 Å². The van der Waals surface area contributed by atoms with Gasteiger partial charge in [0, 0.05) is 31.4 Å². The molecule has 1 aromatic heterocycles. The van der Waals surface area contributed by atoms with Crippen LogP contribution in [0.3, 0.4) is 0 Å². The van der Waals surface area contributed by atoms with Gasteiger partial charge in [-0.05, 0) is 35.4 Å². The van der Waals surface area contributed by atoms with Crippen molar-refractivity contribution in [2.75, 3.05) is 26.1 Å². The van der Waals surface area contributed by atoms with E-state index in [1.54, 1.807) is 18.4 Å². The van der Waals surface area contributed by atoms with Gasteiger partial charge in [-0.2, -0.15) is 0 Å². The number of methoxy groups -OCH3 is 1. The molecule has 0 aliphatic rings. The van der Waals surface area contributed by atoms with E-state index in [0.29, 0.717) is 0 Å². The molecule has 140 valence electrons. The molecule has 1 heterocycles. The summed E-state index contributed by atoms with van der Waals surface area (Å²) >= 11 is 1.70. The maximum atomic E-state index is 5.29. The van der Waals surface area contributed by atoms with Crippen LogP contribution in [0.1, 0.15) is 11.1 Å². The Labute approximate surface area is 169 Å². The first-order valence-electron chi connectivity index (χ1n) is 9.13. The van der Waals surface area contributed by atoms with E-state index in [9.17, 15) is 0 Å². The van der Waals surface area contributed by atoms with Gasteiger partial charge >= 0.3 is 0 Å². The predicted molar refractivity (Wildman–Crippen MR) is 121 cm³/mol. The van der Waals surface area contributed by atoms with E-state index >= 15 is 0 Å². The maximum absolute atomic E-state index is 5.29. The second kappa shape index (κ2) is 7.87. The van der Waals surface area contributed by atoms with Crippen LogP contribution in [0.4, 0.5) is 5.69 Å². The van der Waals surface area contributed by atoms with Gasteiger partial charge in [0.25, 0.3) is 0 Å². The van der Waals surface area contributed by atoms with Crippen LogP contribution in [0.15, 0.2) is 66.7 Å². The summed E-state index contributed by atoms with van der Waals surface area (Å²) in [7, 11) is 5.78. The minimum Gasteiger partial charge on any atom is -0.497 e. The largest absolute Gasteiger partial charge is 0.497 e. The highest BCUT2D eigenvalue weighted by molar-refractivity contribution is 7.21. The highest BCUT2D eigenvalue weighted by Gasteiger charge is 2.07. The first kappa shape index (κ1) is 18.3. The number of nitrogens with zero attached hydrogens (tertiary/aromatic N) is 2. The van der Waals surface area contributed by atoms with E-state index in [1.807, 2.05) is 26.2 Å². The van der Waals surface area contributed by atoms with Crippen molar-refractivity contribution < 1.29 is 4.74 Å². The van der Waals surface area contributed by atoms with Gasteiger partial charge in [-0.25, -0.2) is 4.98 Å². The molecular weight excluding hydrogens is 364 g/mol. The molecule has 0 unspecified atom stereocenters. The molecule has 28 heavy (non-hydrogen) atoms. The fourth-order valence-corrected chi connectivity index (χ4v) is 3.92. The predicted octanol–water partition coefficient (Wildman–Crippen LogP) is 6.21. The van der Waals surface area contributed by atoms with Crippen molar-refractivity contribution in [2.45, 2.75) is 0 Å². The average molecular weight is 387 g/mol. The average Bonchev–Trinajstić information content (AvgIpc) is 3.16. The summed E-state index contributed by atoms with van der Waals surface area (Å²) < 4.78 is 6.46. The third-order valence-corrected chi connectivity index (χ3v) is 5.72. The molecule has 0 bridgehead atoms. The standard InChI is InChI=1S/C24H22N2OS/c1-26(2)20-12-8-18(9-13-20)5-4-17-6-10-19(11-7-17)24-25-22-16-21(27-3)14-15-23(22)28-24/h4-16H,1-3H3. The topological polar surface area (TPSA) is 25.4 Å². The molecule has 3 nitrogen and oxygen atoms in total. The summed E-state index contributed by atoms with van der Waals surface area (Å²) in [6.45, 7) is 0. The number of aromatic nitrogens is 1. The Morgan fingerprint density at radius 2 is 1.50 bits per heavy atom. The summed E-state index contributed by atoms with van der Waals surface area (Å²) in [5, 5.41) is 1.03. The number of fused-ring (bicyclic) bond motifs is 1. The zero-order valence-corrected chi connectivity index (χ0v) is 17.0. The lowest BCUT2D eigenvalue weighted by Crippen LogP contribution is -2.07. The van der Waals surface area contributed by atoms with Gasteiger partial charge in [0.2, 0.25) is 0 Å². The quantitative estimate of drug-likeness (QED) is 0.381. The number of anilines is 1. The highest BCUT2D eigenvalue weighted by atomic mass is 32.1. The van der Waals surface area contributed by atoms with E-state index in [2.05, 4.69) is 71.6 Å². The molecule has 0 saturated heterocycles. The van der Waals surface area contributed by atoms with Crippen LogP contribution < -0.4 is 9.64 Å². The second-order valence-electron chi connectivity index (χ2n) is 6.79. The molecule has 4 heteroatoms. The van der Waals surface area contributed by atoms with Crippen molar-refractivity contribution in [3.05, 3.63) is 77.9 Å². The number of rotatable bonds is 5. The molecule has 0 aliphatic carbocycles. The van der Waals surface area contributed by atoms with Gasteiger partial charge in [-0.1, -0.05) is 48.6 Å². The molecule has 4 aromatic rings. The molecule has 3 aromatic carbocycles. The Kier molecular flexibility index (Phi) is 5.13. The third-order valence-electron chi connectivity index (χ3n) is 4.63. The lowest BCUT2D eigenvalue weighted by atomic mass is 10.1. The van der Waals surface area contributed by atoms with E-state index in [-0.39, 0.29) is 0 Å². The highest BCUT2D eigenvalue weighted by Crippen LogP contribution is 2.32. The summed E-state index contributed by atoms with van der Waals surface area (Å²) in [5.41, 5.74) is 5.67. The molecule has 0 saturated carbocycles. The number of hydrogen-bond donors (Lipinski definition) is 0. The van der Waals surface area contributed by atoms with E-state index in [1.165, 1.54) is 21.5 Å². The van der Waals surface area contributed by atoms with Crippen molar-refractivity contribution >= 4 is 39.4 Å².